The molecule has 1 aliphatic heterocycles. The van der Waals surface area contributed by atoms with E-state index in [0.717, 1.165) is 22.2 Å². The predicted octanol–water partition coefficient (Wildman–Crippen LogP) is 2.04. The molecule has 0 unspecified atom stereocenters. The first-order chi connectivity index (χ1) is 10.1. The number of benzene rings is 1. The smallest absolute Gasteiger partial charge is 0.312 e. The Morgan fingerprint density at radius 2 is 1.86 bits per heavy atom. The maximum Gasteiger partial charge on any atom is 0.312 e. The lowest BCUT2D eigenvalue weighted by atomic mass is 10.1. The molecule has 21 heavy (non-hydrogen) atoms. The maximum absolute atomic E-state index is 12.2. The molecule has 0 bridgehead atoms. The summed E-state index contributed by atoms with van der Waals surface area (Å²) < 4.78 is 6.23. The highest BCUT2D eigenvalue weighted by Crippen LogP contribution is 2.25. The number of nitrogens with zero attached hydrogens (tertiary/aromatic N) is 2. The molecule has 1 aliphatic rings. The molecular formula is C15H19BrN2O3. The molecule has 1 aromatic rings. The molecule has 0 saturated carbocycles. The zero-order chi connectivity index (χ0) is 15.4. The van der Waals surface area contributed by atoms with E-state index in [1.54, 1.807) is 16.9 Å². The molecule has 114 valence electrons. The van der Waals surface area contributed by atoms with Gasteiger partial charge in [0.05, 0.1) is 7.11 Å². The van der Waals surface area contributed by atoms with Crippen LogP contribution in [0.2, 0.25) is 0 Å². The molecule has 1 fully saturated rings. The fraction of sp³-hybridized carbons (Fsp3) is 0.467. The fourth-order valence-corrected chi connectivity index (χ4v) is 2.83. The van der Waals surface area contributed by atoms with Crippen LogP contribution < -0.4 is 4.74 Å². The molecular weight excluding hydrogens is 336 g/mol. The summed E-state index contributed by atoms with van der Waals surface area (Å²) in [5.41, 5.74) is 0.886. The minimum Gasteiger partial charge on any atom is -0.496 e. The number of carbonyl (C=O) groups is 2. The fourth-order valence-electron chi connectivity index (χ4n) is 2.43. The van der Waals surface area contributed by atoms with Gasteiger partial charge in [-0.25, -0.2) is 0 Å². The Kier molecular flexibility index (Phi) is 5.22. The molecule has 1 heterocycles. The van der Waals surface area contributed by atoms with Crippen LogP contribution in [0.1, 0.15) is 18.9 Å². The molecule has 0 radical (unpaired) electrons. The summed E-state index contributed by atoms with van der Waals surface area (Å²) in [4.78, 5) is 27.4. The molecule has 5 nitrogen and oxygen atoms in total. The van der Waals surface area contributed by atoms with Crippen LogP contribution in [0.3, 0.4) is 0 Å². The normalized spacial score (nSPS) is 15.6. The number of halogens is 1. The van der Waals surface area contributed by atoms with Gasteiger partial charge in [0.15, 0.2) is 0 Å². The number of rotatable bonds is 5. The van der Waals surface area contributed by atoms with Crippen LogP contribution in [0.4, 0.5) is 0 Å². The lowest BCUT2D eigenvalue weighted by molar-refractivity contribution is -0.156. The monoisotopic (exact) mass is 354 g/mol. The van der Waals surface area contributed by atoms with Gasteiger partial charge in [0.2, 0.25) is 0 Å². The first kappa shape index (κ1) is 15.8. The van der Waals surface area contributed by atoms with Gasteiger partial charge < -0.3 is 14.5 Å². The van der Waals surface area contributed by atoms with E-state index in [0.29, 0.717) is 26.2 Å². The second-order valence-corrected chi connectivity index (χ2v) is 5.89. The summed E-state index contributed by atoms with van der Waals surface area (Å²) in [7, 11) is 1.60. The summed E-state index contributed by atoms with van der Waals surface area (Å²) in [5, 5.41) is 0. The summed E-state index contributed by atoms with van der Waals surface area (Å²) in [6.07, 6.45) is 0.860. The molecule has 2 rings (SSSR count). The first-order valence-corrected chi connectivity index (χ1v) is 7.76. The van der Waals surface area contributed by atoms with Crippen molar-refractivity contribution in [2.75, 3.05) is 26.7 Å². The quantitative estimate of drug-likeness (QED) is 0.760. The minimum absolute atomic E-state index is 0.382. The van der Waals surface area contributed by atoms with Crippen LogP contribution in [-0.4, -0.2) is 48.4 Å². The van der Waals surface area contributed by atoms with Crippen LogP contribution in [-0.2, 0) is 16.1 Å². The maximum atomic E-state index is 12.2. The Bertz CT molecular complexity index is 548. The lowest BCUT2D eigenvalue weighted by Crippen LogP contribution is -2.53. The first-order valence-electron chi connectivity index (χ1n) is 6.97. The van der Waals surface area contributed by atoms with Gasteiger partial charge in [-0.3, -0.25) is 9.59 Å². The van der Waals surface area contributed by atoms with Crippen LogP contribution >= 0.6 is 15.9 Å². The minimum atomic E-state index is -0.434. The third kappa shape index (κ3) is 3.56. The Hall–Kier alpha value is -1.56. The highest BCUT2D eigenvalue weighted by molar-refractivity contribution is 9.10. The van der Waals surface area contributed by atoms with E-state index in [9.17, 15) is 9.59 Å². The van der Waals surface area contributed by atoms with E-state index >= 15 is 0 Å². The molecule has 1 aromatic carbocycles. The summed E-state index contributed by atoms with van der Waals surface area (Å²) in [6.45, 7) is 4.16. The van der Waals surface area contributed by atoms with E-state index < -0.39 is 11.8 Å². The van der Waals surface area contributed by atoms with Gasteiger partial charge in [-0.05, 0) is 24.6 Å². The van der Waals surface area contributed by atoms with Crippen molar-refractivity contribution >= 4 is 27.7 Å². The molecule has 0 spiro atoms. The van der Waals surface area contributed by atoms with Crippen molar-refractivity contribution in [2.45, 2.75) is 19.9 Å². The zero-order valence-corrected chi connectivity index (χ0v) is 13.9. The van der Waals surface area contributed by atoms with E-state index in [4.69, 9.17) is 4.74 Å². The van der Waals surface area contributed by atoms with Crippen molar-refractivity contribution in [3.05, 3.63) is 28.2 Å². The van der Waals surface area contributed by atoms with Gasteiger partial charge in [-0.1, -0.05) is 22.9 Å². The van der Waals surface area contributed by atoms with E-state index in [2.05, 4.69) is 15.9 Å². The van der Waals surface area contributed by atoms with Gasteiger partial charge in [0.1, 0.15) is 5.75 Å². The van der Waals surface area contributed by atoms with E-state index in [1.807, 2.05) is 25.1 Å². The van der Waals surface area contributed by atoms with E-state index in [1.165, 1.54) is 0 Å². The van der Waals surface area contributed by atoms with Crippen LogP contribution in [0.5, 0.6) is 5.75 Å². The van der Waals surface area contributed by atoms with Gasteiger partial charge in [-0.2, -0.15) is 0 Å². The van der Waals surface area contributed by atoms with Crippen molar-refractivity contribution in [2.24, 2.45) is 0 Å². The highest BCUT2D eigenvalue weighted by Gasteiger charge is 2.32. The summed E-state index contributed by atoms with van der Waals surface area (Å²) >= 11 is 3.41. The highest BCUT2D eigenvalue weighted by atomic mass is 79.9. The van der Waals surface area contributed by atoms with Gasteiger partial charge in [-0.15, -0.1) is 0 Å². The van der Waals surface area contributed by atoms with Gasteiger partial charge in [0, 0.05) is 36.2 Å². The standard InChI is InChI=1S/C15H19BrN2O3/c1-3-6-17-7-8-18(15(20)14(17)19)10-11-9-12(16)4-5-13(11)21-2/h4-5,9H,3,6-8,10H2,1-2H3. The third-order valence-electron chi connectivity index (χ3n) is 3.49. The van der Waals surface area contributed by atoms with Crippen LogP contribution in [0.25, 0.3) is 0 Å². The zero-order valence-electron chi connectivity index (χ0n) is 12.3. The average Bonchev–Trinajstić information content (AvgIpc) is 2.47. The number of hydrogen-bond acceptors (Lipinski definition) is 3. The van der Waals surface area contributed by atoms with Crippen molar-refractivity contribution < 1.29 is 14.3 Å². The topological polar surface area (TPSA) is 49.9 Å². The Labute approximate surface area is 133 Å². The number of ether oxygens (including phenoxy) is 1. The number of hydrogen-bond donors (Lipinski definition) is 0. The SMILES string of the molecule is CCCN1CCN(Cc2cc(Br)ccc2OC)C(=O)C1=O. The van der Waals surface area contributed by atoms with Crippen molar-refractivity contribution in [1.29, 1.82) is 0 Å². The number of carbonyl (C=O) groups excluding carboxylic acids is 2. The molecule has 1 saturated heterocycles. The second kappa shape index (κ2) is 6.93. The van der Waals surface area contributed by atoms with Crippen LogP contribution in [0, 0.1) is 0 Å². The summed E-state index contributed by atoms with van der Waals surface area (Å²) in [5.74, 6) is -0.122. The Morgan fingerprint density at radius 3 is 2.52 bits per heavy atom. The van der Waals surface area contributed by atoms with Crippen molar-refractivity contribution in [3.63, 3.8) is 0 Å². The summed E-state index contributed by atoms with van der Waals surface area (Å²) in [6, 6.07) is 5.64. The predicted molar refractivity (Wildman–Crippen MR) is 83.0 cm³/mol. The largest absolute Gasteiger partial charge is 0.496 e. The molecule has 0 aliphatic carbocycles. The van der Waals surface area contributed by atoms with Gasteiger partial charge in [0.25, 0.3) is 0 Å². The third-order valence-corrected chi connectivity index (χ3v) is 3.99. The number of piperazine rings is 1. The van der Waals surface area contributed by atoms with Gasteiger partial charge >= 0.3 is 11.8 Å². The lowest BCUT2D eigenvalue weighted by Gasteiger charge is -2.33. The van der Waals surface area contributed by atoms with E-state index in [-0.39, 0.29) is 0 Å². The Balaban J connectivity index is 2.12. The second-order valence-electron chi connectivity index (χ2n) is 4.98. The molecule has 0 N–H and O–H groups in total. The molecule has 6 heteroatoms. The van der Waals surface area contributed by atoms with Crippen molar-refractivity contribution in [1.82, 2.24) is 9.80 Å². The Morgan fingerprint density at radius 1 is 1.19 bits per heavy atom. The molecule has 0 atom stereocenters. The number of methoxy groups -OCH3 is 1. The van der Waals surface area contributed by atoms with Crippen LogP contribution in [0.15, 0.2) is 22.7 Å². The molecule has 0 aromatic heterocycles. The molecule has 2 amide bonds. The van der Waals surface area contributed by atoms with Crippen molar-refractivity contribution in [3.8, 4) is 5.75 Å². The average molecular weight is 355 g/mol. The number of amides is 2.